The number of hydrogen-bond donors (Lipinski definition) is 1. The molecule has 1 saturated carbocycles. The van der Waals surface area contributed by atoms with Gasteiger partial charge in [-0.3, -0.25) is 0 Å². The van der Waals surface area contributed by atoms with E-state index in [9.17, 15) is 0 Å². The van der Waals surface area contributed by atoms with Gasteiger partial charge in [0.15, 0.2) is 0 Å². The smallest absolute Gasteiger partial charge is 0.134 e. The number of thioether (sulfide) groups is 1. The molecule has 0 aliphatic heterocycles. The molecule has 1 aromatic rings. The third-order valence-corrected chi connectivity index (χ3v) is 4.44. The largest absolute Gasteiger partial charge is 0.370 e. The van der Waals surface area contributed by atoms with Gasteiger partial charge in [-0.1, -0.05) is 26.7 Å². The molecule has 4 heteroatoms. The van der Waals surface area contributed by atoms with Crippen molar-refractivity contribution >= 4 is 17.6 Å². The molecule has 1 N–H and O–H groups in total. The Morgan fingerprint density at radius 2 is 2.06 bits per heavy atom. The molecular weight excluding hydrogens is 242 g/mol. The minimum atomic E-state index is 0.381. The lowest BCUT2D eigenvalue weighted by Gasteiger charge is -2.13. The first-order chi connectivity index (χ1) is 8.69. The number of hydrogen-bond acceptors (Lipinski definition) is 4. The molecule has 0 radical (unpaired) electrons. The monoisotopic (exact) mass is 265 g/mol. The summed E-state index contributed by atoms with van der Waals surface area (Å²) in [5.41, 5.74) is 0. The third-order valence-electron chi connectivity index (χ3n) is 3.18. The van der Waals surface area contributed by atoms with Crippen LogP contribution in [0.3, 0.4) is 0 Å². The minimum Gasteiger partial charge on any atom is -0.370 e. The van der Waals surface area contributed by atoms with Gasteiger partial charge >= 0.3 is 0 Å². The molecule has 1 heterocycles. The third kappa shape index (κ3) is 3.61. The van der Waals surface area contributed by atoms with Crippen LogP contribution in [0.25, 0.3) is 0 Å². The zero-order valence-electron chi connectivity index (χ0n) is 11.6. The highest BCUT2D eigenvalue weighted by Crippen LogP contribution is 2.34. The second kappa shape index (κ2) is 6.41. The summed E-state index contributed by atoms with van der Waals surface area (Å²) < 4.78 is 0. The fraction of sp³-hybridized carbons (Fsp3) is 0.714. The van der Waals surface area contributed by atoms with Crippen molar-refractivity contribution in [2.24, 2.45) is 0 Å². The highest BCUT2D eigenvalue weighted by Gasteiger charge is 2.18. The van der Waals surface area contributed by atoms with Gasteiger partial charge in [0.25, 0.3) is 0 Å². The Morgan fingerprint density at radius 1 is 1.33 bits per heavy atom. The van der Waals surface area contributed by atoms with Crippen molar-refractivity contribution in [1.29, 1.82) is 0 Å². The van der Waals surface area contributed by atoms with Crippen molar-refractivity contribution in [2.45, 2.75) is 62.6 Å². The molecule has 0 unspecified atom stereocenters. The molecule has 0 spiro atoms. The molecule has 100 valence electrons. The summed E-state index contributed by atoms with van der Waals surface area (Å²) in [6.07, 6.45) is 5.42. The number of rotatable bonds is 5. The molecule has 0 amide bonds. The highest BCUT2D eigenvalue weighted by atomic mass is 32.2. The average Bonchev–Trinajstić information content (AvgIpc) is 2.82. The highest BCUT2D eigenvalue weighted by molar-refractivity contribution is 7.99. The van der Waals surface area contributed by atoms with Crippen molar-refractivity contribution < 1.29 is 0 Å². The van der Waals surface area contributed by atoms with E-state index in [0.717, 1.165) is 28.5 Å². The van der Waals surface area contributed by atoms with E-state index in [-0.39, 0.29) is 0 Å². The molecule has 1 aliphatic rings. The van der Waals surface area contributed by atoms with Crippen molar-refractivity contribution in [3.63, 3.8) is 0 Å². The Kier molecular flexibility index (Phi) is 4.87. The Bertz CT molecular complexity index is 387. The topological polar surface area (TPSA) is 37.8 Å². The summed E-state index contributed by atoms with van der Waals surface area (Å²) in [5, 5.41) is 5.20. The summed E-state index contributed by atoms with van der Waals surface area (Å²) >= 11 is 1.93. The number of aromatic nitrogens is 2. The fourth-order valence-electron chi connectivity index (χ4n) is 2.21. The maximum Gasteiger partial charge on any atom is 0.134 e. The van der Waals surface area contributed by atoms with E-state index in [1.54, 1.807) is 0 Å². The SMILES string of the molecule is CCNc1cc(SC2CCCC2)nc(C(C)C)n1. The Hall–Kier alpha value is -0.770. The Morgan fingerprint density at radius 3 is 2.67 bits per heavy atom. The second-order valence-corrected chi connectivity index (χ2v) is 6.48. The maximum atomic E-state index is 4.69. The van der Waals surface area contributed by atoms with Gasteiger partial charge in [0.1, 0.15) is 16.7 Å². The van der Waals surface area contributed by atoms with Crippen LogP contribution in [0.15, 0.2) is 11.1 Å². The zero-order chi connectivity index (χ0) is 13.0. The molecule has 0 aromatic carbocycles. The molecule has 1 fully saturated rings. The van der Waals surface area contributed by atoms with Crippen LogP contribution in [0.4, 0.5) is 5.82 Å². The molecule has 3 nitrogen and oxygen atoms in total. The van der Waals surface area contributed by atoms with Crippen molar-refractivity contribution in [3.8, 4) is 0 Å². The lowest BCUT2D eigenvalue weighted by atomic mass is 10.2. The first-order valence-electron chi connectivity index (χ1n) is 6.98. The summed E-state index contributed by atoms with van der Waals surface area (Å²) in [7, 11) is 0. The van der Waals surface area contributed by atoms with Crippen LogP contribution in [-0.4, -0.2) is 21.8 Å². The molecule has 0 bridgehead atoms. The van der Waals surface area contributed by atoms with Crippen LogP contribution in [-0.2, 0) is 0 Å². The van der Waals surface area contributed by atoms with E-state index >= 15 is 0 Å². The van der Waals surface area contributed by atoms with E-state index < -0.39 is 0 Å². The van der Waals surface area contributed by atoms with Crippen LogP contribution < -0.4 is 5.32 Å². The molecule has 2 rings (SSSR count). The van der Waals surface area contributed by atoms with Gasteiger partial charge in [-0.15, -0.1) is 11.8 Å². The lowest BCUT2D eigenvalue weighted by Crippen LogP contribution is -2.06. The van der Waals surface area contributed by atoms with E-state index in [2.05, 4.69) is 37.1 Å². The van der Waals surface area contributed by atoms with E-state index in [0.29, 0.717) is 5.92 Å². The van der Waals surface area contributed by atoms with Crippen molar-refractivity contribution in [1.82, 2.24) is 9.97 Å². The van der Waals surface area contributed by atoms with Crippen LogP contribution >= 0.6 is 11.8 Å². The van der Waals surface area contributed by atoms with Gasteiger partial charge in [0.2, 0.25) is 0 Å². The number of nitrogens with zero attached hydrogens (tertiary/aromatic N) is 2. The van der Waals surface area contributed by atoms with Crippen molar-refractivity contribution in [3.05, 3.63) is 11.9 Å². The predicted molar refractivity (Wildman–Crippen MR) is 78.4 cm³/mol. The van der Waals surface area contributed by atoms with Gasteiger partial charge in [0, 0.05) is 23.8 Å². The average molecular weight is 265 g/mol. The Balaban J connectivity index is 2.16. The van der Waals surface area contributed by atoms with Gasteiger partial charge < -0.3 is 5.32 Å². The normalized spacial score (nSPS) is 16.4. The van der Waals surface area contributed by atoms with Gasteiger partial charge in [-0.2, -0.15) is 0 Å². The number of anilines is 1. The summed E-state index contributed by atoms with van der Waals surface area (Å²) in [6, 6.07) is 2.10. The molecule has 0 saturated heterocycles. The van der Waals surface area contributed by atoms with E-state index in [4.69, 9.17) is 4.98 Å². The summed E-state index contributed by atoms with van der Waals surface area (Å²) in [6.45, 7) is 7.30. The van der Waals surface area contributed by atoms with E-state index in [1.807, 2.05) is 11.8 Å². The van der Waals surface area contributed by atoms with Crippen LogP contribution in [0.2, 0.25) is 0 Å². The second-order valence-electron chi connectivity index (χ2n) is 5.16. The van der Waals surface area contributed by atoms with Gasteiger partial charge in [-0.05, 0) is 19.8 Å². The first-order valence-corrected chi connectivity index (χ1v) is 7.86. The molecule has 18 heavy (non-hydrogen) atoms. The maximum absolute atomic E-state index is 4.69. The zero-order valence-corrected chi connectivity index (χ0v) is 12.4. The van der Waals surface area contributed by atoms with Crippen LogP contribution in [0.1, 0.15) is 58.2 Å². The lowest BCUT2D eigenvalue weighted by molar-refractivity contribution is 0.753. The Labute approximate surface area is 114 Å². The molecule has 0 atom stereocenters. The molecule has 1 aromatic heterocycles. The predicted octanol–water partition coefficient (Wildman–Crippen LogP) is 4.07. The summed E-state index contributed by atoms with van der Waals surface area (Å²) in [5.74, 6) is 2.30. The molecule has 1 aliphatic carbocycles. The number of nitrogens with one attached hydrogen (secondary N) is 1. The first kappa shape index (κ1) is 13.7. The fourth-order valence-corrected chi connectivity index (χ4v) is 3.45. The van der Waals surface area contributed by atoms with Gasteiger partial charge in [-0.25, -0.2) is 9.97 Å². The summed E-state index contributed by atoms with van der Waals surface area (Å²) in [4.78, 5) is 9.25. The van der Waals surface area contributed by atoms with Crippen molar-refractivity contribution in [2.75, 3.05) is 11.9 Å². The van der Waals surface area contributed by atoms with E-state index in [1.165, 1.54) is 25.7 Å². The molecular formula is C14H23N3S. The quantitative estimate of drug-likeness (QED) is 0.815. The van der Waals surface area contributed by atoms with Crippen LogP contribution in [0, 0.1) is 0 Å². The van der Waals surface area contributed by atoms with Crippen LogP contribution in [0.5, 0.6) is 0 Å². The standard InChI is InChI=1S/C14H23N3S/c1-4-15-12-9-13(17-14(16-12)10(2)3)18-11-7-5-6-8-11/h9-11H,4-8H2,1-3H3,(H,15,16,17). The minimum absolute atomic E-state index is 0.381. The van der Waals surface area contributed by atoms with Gasteiger partial charge in [0.05, 0.1) is 0 Å².